The first kappa shape index (κ1) is 14.4. The van der Waals surface area contributed by atoms with E-state index in [1.54, 1.807) is 36.4 Å². The SMILES string of the molecule is O=C(NC1CC1)c1ccc(C[S@](=O)c2cccc(Cl)c2)o1. The summed E-state index contributed by atoms with van der Waals surface area (Å²) < 4.78 is 17.7. The van der Waals surface area contributed by atoms with Gasteiger partial charge in [0.05, 0.1) is 16.6 Å². The fourth-order valence-corrected chi connectivity index (χ4v) is 3.21. The predicted molar refractivity (Wildman–Crippen MR) is 80.8 cm³/mol. The molecule has 1 amide bonds. The van der Waals surface area contributed by atoms with Crippen molar-refractivity contribution in [1.82, 2.24) is 5.32 Å². The van der Waals surface area contributed by atoms with Gasteiger partial charge < -0.3 is 9.73 Å². The molecule has 6 heteroatoms. The van der Waals surface area contributed by atoms with Crippen LogP contribution in [0.25, 0.3) is 0 Å². The van der Waals surface area contributed by atoms with E-state index in [1.165, 1.54) is 0 Å². The predicted octanol–water partition coefficient (Wildman–Crippen LogP) is 3.13. The molecule has 1 heterocycles. The third-order valence-corrected chi connectivity index (χ3v) is 4.69. The molecule has 4 nitrogen and oxygen atoms in total. The summed E-state index contributed by atoms with van der Waals surface area (Å²) in [5.41, 5.74) is 0. The number of carbonyl (C=O) groups excluding carboxylic acids is 1. The highest BCUT2D eigenvalue weighted by Gasteiger charge is 2.25. The van der Waals surface area contributed by atoms with Crippen LogP contribution in [0.4, 0.5) is 0 Å². The zero-order chi connectivity index (χ0) is 14.8. The summed E-state index contributed by atoms with van der Waals surface area (Å²) in [5, 5.41) is 3.40. The summed E-state index contributed by atoms with van der Waals surface area (Å²) in [5.74, 6) is 0.795. The number of benzene rings is 1. The maximum Gasteiger partial charge on any atom is 0.287 e. The monoisotopic (exact) mass is 323 g/mol. The number of carbonyl (C=O) groups is 1. The van der Waals surface area contributed by atoms with Gasteiger partial charge in [0.25, 0.3) is 5.91 Å². The molecule has 1 aromatic carbocycles. The zero-order valence-electron chi connectivity index (χ0n) is 11.2. The van der Waals surface area contributed by atoms with E-state index >= 15 is 0 Å². The lowest BCUT2D eigenvalue weighted by Gasteiger charge is -2.01. The zero-order valence-corrected chi connectivity index (χ0v) is 12.7. The van der Waals surface area contributed by atoms with Crippen LogP contribution in [0.1, 0.15) is 29.2 Å². The fourth-order valence-electron chi connectivity index (χ4n) is 1.88. The van der Waals surface area contributed by atoms with Gasteiger partial charge in [-0.05, 0) is 43.2 Å². The molecular weight excluding hydrogens is 310 g/mol. The van der Waals surface area contributed by atoms with Crippen molar-refractivity contribution in [3.8, 4) is 0 Å². The highest BCUT2D eigenvalue weighted by molar-refractivity contribution is 7.84. The molecule has 1 fully saturated rings. The van der Waals surface area contributed by atoms with Crippen molar-refractivity contribution in [2.75, 3.05) is 0 Å². The quantitative estimate of drug-likeness (QED) is 0.919. The van der Waals surface area contributed by atoms with E-state index in [0.29, 0.717) is 15.7 Å². The van der Waals surface area contributed by atoms with Gasteiger partial charge in [0, 0.05) is 16.0 Å². The molecule has 1 aliphatic carbocycles. The van der Waals surface area contributed by atoms with E-state index in [0.717, 1.165) is 12.8 Å². The average molecular weight is 324 g/mol. The van der Waals surface area contributed by atoms with Gasteiger partial charge >= 0.3 is 0 Å². The molecule has 1 aromatic heterocycles. The molecule has 110 valence electrons. The largest absolute Gasteiger partial charge is 0.455 e. The molecule has 0 saturated heterocycles. The van der Waals surface area contributed by atoms with E-state index in [9.17, 15) is 9.00 Å². The first-order valence-electron chi connectivity index (χ1n) is 6.65. The number of furan rings is 1. The Bertz CT molecular complexity index is 694. The maximum absolute atomic E-state index is 12.2. The van der Waals surface area contributed by atoms with Gasteiger partial charge in [-0.15, -0.1) is 0 Å². The van der Waals surface area contributed by atoms with Gasteiger partial charge in [-0.25, -0.2) is 0 Å². The third kappa shape index (κ3) is 3.74. The second-order valence-electron chi connectivity index (χ2n) is 4.96. The Balaban J connectivity index is 1.66. The molecule has 1 N–H and O–H groups in total. The van der Waals surface area contributed by atoms with E-state index in [1.807, 2.05) is 0 Å². The smallest absolute Gasteiger partial charge is 0.287 e. The topological polar surface area (TPSA) is 59.3 Å². The molecule has 0 spiro atoms. The molecule has 0 aliphatic heterocycles. The van der Waals surface area contributed by atoms with Gasteiger partial charge in [-0.2, -0.15) is 0 Å². The molecule has 3 rings (SSSR count). The van der Waals surface area contributed by atoms with Crippen molar-refractivity contribution in [3.63, 3.8) is 0 Å². The Kier molecular flexibility index (Phi) is 4.12. The van der Waals surface area contributed by atoms with Gasteiger partial charge in [0.2, 0.25) is 0 Å². The van der Waals surface area contributed by atoms with Crippen LogP contribution in [0.15, 0.2) is 45.7 Å². The Morgan fingerprint density at radius 3 is 2.86 bits per heavy atom. The summed E-state index contributed by atoms with van der Waals surface area (Å²) in [4.78, 5) is 12.5. The normalized spacial score (nSPS) is 15.7. The molecule has 21 heavy (non-hydrogen) atoms. The van der Waals surface area contributed by atoms with Crippen molar-refractivity contribution < 1.29 is 13.4 Å². The van der Waals surface area contributed by atoms with Crippen LogP contribution in [-0.4, -0.2) is 16.2 Å². The maximum atomic E-state index is 12.2. The van der Waals surface area contributed by atoms with Crippen LogP contribution >= 0.6 is 11.6 Å². The lowest BCUT2D eigenvalue weighted by atomic mass is 10.4. The van der Waals surface area contributed by atoms with Crippen molar-refractivity contribution in [3.05, 3.63) is 52.9 Å². The minimum Gasteiger partial charge on any atom is -0.455 e. The number of amides is 1. The van der Waals surface area contributed by atoms with Crippen LogP contribution in [0.5, 0.6) is 0 Å². The Labute approximate surface area is 129 Å². The molecule has 0 radical (unpaired) electrons. The number of halogens is 1. The summed E-state index contributed by atoms with van der Waals surface area (Å²) in [6.45, 7) is 0. The Morgan fingerprint density at radius 1 is 1.33 bits per heavy atom. The minimum atomic E-state index is -1.25. The highest BCUT2D eigenvalue weighted by Crippen LogP contribution is 2.21. The number of nitrogens with one attached hydrogen (secondary N) is 1. The number of hydrogen-bond donors (Lipinski definition) is 1. The average Bonchev–Trinajstić information content (AvgIpc) is 3.14. The van der Waals surface area contributed by atoms with Gasteiger partial charge in [0.15, 0.2) is 5.76 Å². The first-order valence-corrected chi connectivity index (χ1v) is 8.35. The second-order valence-corrected chi connectivity index (χ2v) is 6.85. The van der Waals surface area contributed by atoms with E-state index in [-0.39, 0.29) is 23.5 Å². The lowest BCUT2D eigenvalue weighted by molar-refractivity contribution is 0.0922. The lowest BCUT2D eigenvalue weighted by Crippen LogP contribution is -2.24. The van der Waals surface area contributed by atoms with Crippen molar-refractivity contribution in [1.29, 1.82) is 0 Å². The van der Waals surface area contributed by atoms with Crippen molar-refractivity contribution >= 4 is 28.3 Å². The molecule has 2 aromatic rings. The second kappa shape index (κ2) is 6.03. The van der Waals surface area contributed by atoms with Crippen LogP contribution < -0.4 is 5.32 Å². The summed E-state index contributed by atoms with van der Waals surface area (Å²) in [6, 6.07) is 10.5. The number of rotatable bonds is 5. The van der Waals surface area contributed by atoms with Crippen LogP contribution in [0.3, 0.4) is 0 Å². The standard InChI is InChI=1S/C15H14ClNO3S/c16-10-2-1-3-13(8-10)21(19)9-12-6-7-14(20-12)15(18)17-11-4-5-11/h1-3,6-8,11H,4-5,9H2,(H,17,18)/t21-/m0/s1. The van der Waals surface area contributed by atoms with E-state index in [2.05, 4.69) is 5.32 Å². The van der Waals surface area contributed by atoms with Crippen LogP contribution in [0.2, 0.25) is 5.02 Å². The van der Waals surface area contributed by atoms with E-state index in [4.69, 9.17) is 16.0 Å². The molecule has 0 unspecified atom stereocenters. The van der Waals surface area contributed by atoms with Gasteiger partial charge in [-0.3, -0.25) is 9.00 Å². The Morgan fingerprint density at radius 2 is 2.14 bits per heavy atom. The van der Waals surface area contributed by atoms with Crippen LogP contribution in [-0.2, 0) is 16.6 Å². The first-order chi connectivity index (χ1) is 10.1. The summed E-state index contributed by atoms with van der Waals surface area (Å²) >= 11 is 5.88. The summed E-state index contributed by atoms with van der Waals surface area (Å²) in [6.07, 6.45) is 2.05. The molecule has 1 aliphatic rings. The molecule has 1 atom stereocenters. The molecule has 0 bridgehead atoms. The fraction of sp³-hybridized carbons (Fsp3) is 0.267. The van der Waals surface area contributed by atoms with Crippen molar-refractivity contribution in [2.24, 2.45) is 0 Å². The van der Waals surface area contributed by atoms with Crippen LogP contribution in [0, 0.1) is 0 Å². The minimum absolute atomic E-state index is 0.211. The van der Waals surface area contributed by atoms with Gasteiger partial charge in [-0.1, -0.05) is 17.7 Å². The van der Waals surface area contributed by atoms with Gasteiger partial charge in [0.1, 0.15) is 5.76 Å². The Hall–Kier alpha value is -1.59. The molecular formula is C15H14ClNO3S. The molecule has 1 saturated carbocycles. The van der Waals surface area contributed by atoms with E-state index < -0.39 is 10.8 Å². The summed E-state index contributed by atoms with van der Waals surface area (Å²) in [7, 11) is -1.25. The van der Waals surface area contributed by atoms with Crippen molar-refractivity contribution in [2.45, 2.75) is 29.5 Å². The number of hydrogen-bond acceptors (Lipinski definition) is 3. The highest BCUT2D eigenvalue weighted by atomic mass is 35.5. The third-order valence-electron chi connectivity index (χ3n) is 3.13.